The van der Waals surface area contributed by atoms with E-state index in [9.17, 15) is 9.59 Å². The van der Waals surface area contributed by atoms with Gasteiger partial charge in [-0.1, -0.05) is 6.07 Å². The van der Waals surface area contributed by atoms with Crippen molar-refractivity contribution in [2.75, 3.05) is 50.2 Å². The summed E-state index contributed by atoms with van der Waals surface area (Å²) in [6.45, 7) is 5.51. The van der Waals surface area contributed by atoms with Crippen LogP contribution in [0.15, 0.2) is 36.4 Å². The van der Waals surface area contributed by atoms with E-state index in [1.807, 2.05) is 36.4 Å². The lowest BCUT2D eigenvalue weighted by atomic mass is 9.97. The largest absolute Gasteiger partial charge is 0.497 e. The zero-order valence-electron chi connectivity index (χ0n) is 17.4. The third kappa shape index (κ3) is 4.11. The molecular formula is C23H27N3O4. The molecule has 2 aromatic rings. The van der Waals surface area contributed by atoms with E-state index in [1.54, 1.807) is 7.11 Å². The molecule has 0 radical (unpaired) electrons. The Balaban J connectivity index is 1.39. The summed E-state index contributed by atoms with van der Waals surface area (Å²) >= 11 is 0. The van der Waals surface area contributed by atoms with Crippen LogP contribution in [0, 0.1) is 6.92 Å². The van der Waals surface area contributed by atoms with Crippen LogP contribution >= 0.6 is 0 Å². The molecule has 1 fully saturated rings. The van der Waals surface area contributed by atoms with E-state index in [0.29, 0.717) is 31.7 Å². The van der Waals surface area contributed by atoms with Crippen LogP contribution in [0.1, 0.15) is 33.8 Å². The lowest BCUT2D eigenvalue weighted by Crippen LogP contribution is -2.37. The van der Waals surface area contributed by atoms with Crippen LogP contribution < -0.4 is 20.3 Å². The van der Waals surface area contributed by atoms with Crippen LogP contribution in [0.5, 0.6) is 5.75 Å². The third-order valence-electron chi connectivity index (χ3n) is 5.75. The average molecular weight is 409 g/mol. The topological polar surface area (TPSA) is 79.9 Å². The van der Waals surface area contributed by atoms with Crippen molar-refractivity contribution in [2.24, 2.45) is 0 Å². The van der Waals surface area contributed by atoms with Crippen LogP contribution in [0.25, 0.3) is 0 Å². The minimum Gasteiger partial charge on any atom is -0.497 e. The SMILES string of the molecule is COc1ccc2c(c1)C(CCNC(=O)c1ccc(C)c(N3CCOCC3)c1)C(=O)N2. The molecule has 1 atom stereocenters. The number of amides is 2. The predicted molar refractivity (Wildman–Crippen MR) is 116 cm³/mol. The van der Waals surface area contributed by atoms with E-state index in [-0.39, 0.29) is 17.7 Å². The molecule has 0 spiro atoms. The molecule has 2 amide bonds. The van der Waals surface area contributed by atoms with Crippen molar-refractivity contribution in [1.82, 2.24) is 5.32 Å². The van der Waals surface area contributed by atoms with E-state index >= 15 is 0 Å². The van der Waals surface area contributed by atoms with Crippen molar-refractivity contribution >= 4 is 23.2 Å². The number of aryl methyl sites for hydroxylation is 1. The van der Waals surface area contributed by atoms with E-state index in [2.05, 4.69) is 22.5 Å². The Kier molecular flexibility index (Phi) is 5.90. The van der Waals surface area contributed by atoms with E-state index in [1.165, 1.54) is 0 Å². The molecule has 0 bridgehead atoms. The maximum absolute atomic E-state index is 12.7. The molecular weight excluding hydrogens is 382 g/mol. The van der Waals surface area contributed by atoms with Gasteiger partial charge in [0.25, 0.3) is 5.91 Å². The molecule has 1 saturated heterocycles. The van der Waals surface area contributed by atoms with Gasteiger partial charge < -0.3 is 25.0 Å². The molecule has 0 saturated carbocycles. The van der Waals surface area contributed by atoms with Gasteiger partial charge >= 0.3 is 0 Å². The number of nitrogens with one attached hydrogen (secondary N) is 2. The number of morpholine rings is 1. The number of carbonyl (C=O) groups is 2. The molecule has 0 aromatic heterocycles. The first-order valence-corrected chi connectivity index (χ1v) is 10.3. The minimum absolute atomic E-state index is 0.0440. The lowest BCUT2D eigenvalue weighted by Gasteiger charge is -2.30. The number of fused-ring (bicyclic) bond motifs is 1. The molecule has 2 aliphatic heterocycles. The number of ether oxygens (including phenoxy) is 2. The van der Waals surface area contributed by atoms with Gasteiger partial charge in [0, 0.05) is 36.6 Å². The van der Waals surface area contributed by atoms with E-state index in [0.717, 1.165) is 41.3 Å². The fourth-order valence-corrected chi connectivity index (χ4v) is 4.05. The fraction of sp³-hybridized carbons (Fsp3) is 0.391. The van der Waals surface area contributed by atoms with Crippen molar-refractivity contribution < 1.29 is 19.1 Å². The monoisotopic (exact) mass is 409 g/mol. The number of rotatable bonds is 6. The number of hydrogen-bond donors (Lipinski definition) is 2. The highest BCUT2D eigenvalue weighted by molar-refractivity contribution is 6.03. The summed E-state index contributed by atoms with van der Waals surface area (Å²) in [7, 11) is 1.61. The first-order valence-electron chi connectivity index (χ1n) is 10.3. The van der Waals surface area contributed by atoms with Gasteiger partial charge in [0.2, 0.25) is 5.91 Å². The quantitative estimate of drug-likeness (QED) is 0.767. The molecule has 1 unspecified atom stereocenters. The number of hydrogen-bond acceptors (Lipinski definition) is 5. The molecule has 2 aromatic carbocycles. The zero-order valence-corrected chi connectivity index (χ0v) is 17.4. The van der Waals surface area contributed by atoms with Gasteiger partial charge in [0.15, 0.2) is 0 Å². The molecule has 7 nitrogen and oxygen atoms in total. The summed E-state index contributed by atoms with van der Waals surface area (Å²) in [6, 6.07) is 11.3. The second kappa shape index (κ2) is 8.75. The number of nitrogens with zero attached hydrogens (tertiary/aromatic N) is 1. The van der Waals surface area contributed by atoms with Gasteiger partial charge in [-0.3, -0.25) is 9.59 Å². The van der Waals surface area contributed by atoms with Crippen LogP contribution in [-0.4, -0.2) is 51.8 Å². The Morgan fingerprint density at radius 3 is 2.80 bits per heavy atom. The summed E-state index contributed by atoms with van der Waals surface area (Å²) in [5.74, 6) is 0.248. The van der Waals surface area contributed by atoms with Gasteiger partial charge in [-0.15, -0.1) is 0 Å². The molecule has 4 rings (SSSR count). The molecule has 2 aliphatic rings. The Hall–Kier alpha value is -3.06. The zero-order chi connectivity index (χ0) is 21.1. The van der Waals surface area contributed by atoms with Gasteiger partial charge in [-0.25, -0.2) is 0 Å². The number of benzene rings is 2. The standard InChI is InChI=1S/C23H27N3O4/c1-15-3-4-16(13-21(15)26-9-11-30-12-10-26)22(27)24-8-7-18-19-14-17(29-2)5-6-20(19)25-23(18)28/h3-6,13-14,18H,7-12H2,1-2H3,(H,24,27)(H,25,28). The van der Waals surface area contributed by atoms with Crippen LogP contribution in [-0.2, 0) is 9.53 Å². The molecule has 158 valence electrons. The number of anilines is 2. The first-order chi connectivity index (χ1) is 14.6. The molecule has 7 heteroatoms. The second-order valence-electron chi connectivity index (χ2n) is 7.64. The smallest absolute Gasteiger partial charge is 0.251 e. The van der Waals surface area contributed by atoms with E-state index < -0.39 is 0 Å². The maximum Gasteiger partial charge on any atom is 0.251 e. The van der Waals surface area contributed by atoms with Crippen molar-refractivity contribution in [2.45, 2.75) is 19.3 Å². The van der Waals surface area contributed by atoms with Gasteiger partial charge in [0.05, 0.1) is 26.2 Å². The summed E-state index contributed by atoms with van der Waals surface area (Å²) in [5, 5.41) is 5.86. The normalized spacial score (nSPS) is 18.0. The van der Waals surface area contributed by atoms with E-state index in [4.69, 9.17) is 9.47 Å². The second-order valence-corrected chi connectivity index (χ2v) is 7.64. The number of methoxy groups -OCH3 is 1. The van der Waals surface area contributed by atoms with Gasteiger partial charge in [-0.2, -0.15) is 0 Å². The molecule has 2 N–H and O–H groups in total. The van der Waals surface area contributed by atoms with Crippen molar-refractivity contribution in [3.05, 3.63) is 53.1 Å². The highest BCUT2D eigenvalue weighted by Gasteiger charge is 2.30. The van der Waals surface area contributed by atoms with Crippen molar-refractivity contribution in [3.8, 4) is 5.75 Å². The fourth-order valence-electron chi connectivity index (χ4n) is 4.05. The average Bonchev–Trinajstić information content (AvgIpc) is 3.09. The van der Waals surface area contributed by atoms with Crippen molar-refractivity contribution in [3.63, 3.8) is 0 Å². The molecule has 0 aliphatic carbocycles. The third-order valence-corrected chi connectivity index (χ3v) is 5.75. The summed E-state index contributed by atoms with van der Waals surface area (Å²) in [6.07, 6.45) is 0.528. The predicted octanol–water partition coefficient (Wildman–Crippen LogP) is 2.70. The Bertz CT molecular complexity index is 953. The highest BCUT2D eigenvalue weighted by atomic mass is 16.5. The summed E-state index contributed by atoms with van der Waals surface area (Å²) in [4.78, 5) is 27.3. The van der Waals surface area contributed by atoms with Gasteiger partial charge in [-0.05, 0) is 54.8 Å². The van der Waals surface area contributed by atoms with Crippen LogP contribution in [0.3, 0.4) is 0 Å². The highest BCUT2D eigenvalue weighted by Crippen LogP contribution is 2.36. The Morgan fingerprint density at radius 2 is 2.03 bits per heavy atom. The molecule has 30 heavy (non-hydrogen) atoms. The van der Waals surface area contributed by atoms with Gasteiger partial charge in [0.1, 0.15) is 5.75 Å². The lowest BCUT2D eigenvalue weighted by molar-refractivity contribution is -0.117. The Morgan fingerprint density at radius 1 is 1.23 bits per heavy atom. The van der Waals surface area contributed by atoms with Crippen LogP contribution in [0.4, 0.5) is 11.4 Å². The maximum atomic E-state index is 12.7. The van der Waals surface area contributed by atoms with Crippen LogP contribution in [0.2, 0.25) is 0 Å². The van der Waals surface area contributed by atoms with Crippen molar-refractivity contribution in [1.29, 1.82) is 0 Å². The Labute approximate surface area is 176 Å². The molecule has 2 heterocycles. The summed E-state index contributed by atoms with van der Waals surface area (Å²) < 4.78 is 10.7. The summed E-state index contributed by atoms with van der Waals surface area (Å²) in [5.41, 5.74) is 4.56. The number of carbonyl (C=O) groups excluding carboxylic acids is 2. The first kappa shape index (κ1) is 20.2. The minimum atomic E-state index is -0.294.